The highest BCUT2D eigenvalue weighted by Gasteiger charge is 2.02. The Balaban J connectivity index is 1.75. The fourth-order valence-corrected chi connectivity index (χ4v) is 2.21. The van der Waals surface area contributed by atoms with Gasteiger partial charge < -0.3 is 15.4 Å². The molecule has 0 spiro atoms. The first-order chi connectivity index (χ1) is 11.7. The molecular formula is C19H23FN2O2. The number of hydrogen-bond donors (Lipinski definition) is 2. The number of hydrogen-bond acceptors (Lipinski definition) is 3. The molecule has 4 nitrogen and oxygen atoms in total. The fraction of sp³-hybridized carbons (Fsp3) is 0.316. The molecule has 2 aromatic carbocycles. The maximum absolute atomic E-state index is 13.1. The summed E-state index contributed by atoms with van der Waals surface area (Å²) >= 11 is 0. The van der Waals surface area contributed by atoms with E-state index in [2.05, 4.69) is 10.6 Å². The highest BCUT2D eigenvalue weighted by molar-refractivity contribution is 5.75. The SMILES string of the molecule is CNCCCC(=O)NCc1ccc(OCc2cccc(F)c2)cc1. The molecule has 0 aliphatic carbocycles. The minimum absolute atomic E-state index is 0.0525. The Kier molecular flexibility index (Phi) is 7.23. The number of carbonyl (C=O) groups is 1. The average Bonchev–Trinajstić information content (AvgIpc) is 2.59. The van der Waals surface area contributed by atoms with E-state index in [1.807, 2.05) is 37.4 Å². The van der Waals surface area contributed by atoms with Crippen LogP contribution in [0.5, 0.6) is 5.75 Å². The van der Waals surface area contributed by atoms with Crippen LogP contribution in [0.15, 0.2) is 48.5 Å². The molecular weight excluding hydrogens is 307 g/mol. The summed E-state index contributed by atoms with van der Waals surface area (Å²) in [4.78, 5) is 11.7. The van der Waals surface area contributed by atoms with Crippen LogP contribution in [0.4, 0.5) is 4.39 Å². The van der Waals surface area contributed by atoms with Crippen molar-refractivity contribution in [2.75, 3.05) is 13.6 Å². The van der Waals surface area contributed by atoms with Crippen molar-refractivity contribution < 1.29 is 13.9 Å². The number of ether oxygens (including phenoxy) is 1. The highest BCUT2D eigenvalue weighted by Crippen LogP contribution is 2.14. The van der Waals surface area contributed by atoms with E-state index in [9.17, 15) is 9.18 Å². The molecule has 0 radical (unpaired) electrons. The van der Waals surface area contributed by atoms with Crippen LogP contribution >= 0.6 is 0 Å². The molecule has 128 valence electrons. The second-order valence-corrected chi connectivity index (χ2v) is 5.55. The first-order valence-corrected chi connectivity index (χ1v) is 8.05. The Morgan fingerprint density at radius 1 is 1.12 bits per heavy atom. The monoisotopic (exact) mass is 330 g/mol. The molecule has 0 bridgehead atoms. The Bertz CT molecular complexity index is 644. The van der Waals surface area contributed by atoms with Crippen LogP contribution in [0.1, 0.15) is 24.0 Å². The van der Waals surface area contributed by atoms with Crippen LogP contribution in [0.3, 0.4) is 0 Å². The molecule has 0 atom stereocenters. The van der Waals surface area contributed by atoms with Gasteiger partial charge in [-0.3, -0.25) is 4.79 Å². The summed E-state index contributed by atoms with van der Waals surface area (Å²) < 4.78 is 18.7. The predicted octanol–water partition coefficient (Wildman–Crippen LogP) is 3.02. The summed E-state index contributed by atoms with van der Waals surface area (Å²) in [6, 6.07) is 13.9. The Morgan fingerprint density at radius 3 is 2.62 bits per heavy atom. The van der Waals surface area contributed by atoms with Gasteiger partial charge in [0.25, 0.3) is 0 Å². The van der Waals surface area contributed by atoms with Gasteiger partial charge in [-0.05, 0) is 55.4 Å². The summed E-state index contributed by atoms with van der Waals surface area (Å²) in [6.45, 7) is 1.66. The number of nitrogens with one attached hydrogen (secondary N) is 2. The second-order valence-electron chi connectivity index (χ2n) is 5.55. The first kappa shape index (κ1) is 17.9. The van der Waals surface area contributed by atoms with Gasteiger partial charge in [0, 0.05) is 13.0 Å². The Morgan fingerprint density at radius 2 is 1.92 bits per heavy atom. The molecule has 0 fully saturated rings. The summed E-state index contributed by atoms with van der Waals surface area (Å²) in [5.74, 6) is 0.497. The van der Waals surface area contributed by atoms with E-state index in [0.717, 1.165) is 24.1 Å². The summed E-state index contributed by atoms with van der Waals surface area (Å²) in [7, 11) is 1.87. The first-order valence-electron chi connectivity index (χ1n) is 8.05. The topological polar surface area (TPSA) is 50.4 Å². The van der Waals surface area contributed by atoms with E-state index in [4.69, 9.17) is 4.74 Å². The molecule has 2 aromatic rings. The molecule has 0 aliphatic rings. The molecule has 2 rings (SSSR count). The zero-order valence-corrected chi connectivity index (χ0v) is 13.8. The molecule has 0 heterocycles. The van der Waals surface area contributed by atoms with E-state index in [0.29, 0.717) is 25.3 Å². The van der Waals surface area contributed by atoms with Crippen molar-refractivity contribution in [3.05, 3.63) is 65.5 Å². The lowest BCUT2D eigenvalue weighted by Gasteiger charge is -2.08. The van der Waals surface area contributed by atoms with Crippen molar-refractivity contribution in [2.45, 2.75) is 26.0 Å². The van der Waals surface area contributed by atoms with Gasteiger partial charge in [-0.1, -0.05) is 24.3 Å². The van der Waals surface area contributed by atoms with Crippen molar-refractivity contribution in [2.24, 2.45) is 0 Å². The Labute approximate surface area is 142 Å². The van der Waals surface area contributed by atoms with Gasteiger partial charge in [-0.15, -0.1) is 0 Å². The fourth-order valence-electron chi connectivity index (χ4n) is 2.21. The summed E-state index contributed by atoms with van der Waals surface area (Å²) in [5.41, 5.74) is 1.79. The van der Waals surface area contributed by atoms with E-state index in [1.54, 1.807) is 6.07 Å². The van der Waals surface area contributed by atoms with E-state index in [-0.39, 0.29) is 11.7 Å². The number of carbonyl (C=O) groups excluding carboxylic acids is 1. The number of amides is 1. The van der Waals surface area contributed by atoms with Crippen LogP contribution in [0.2, 0.25) is 0 Å². The van der Waals surface area contributed by atoms with Crippen LogP contribution in [-0.4, -0.2) is 19.5 Å². The second kappa shape index (κ2) is 9.67. The van der Waals surface area contributed by atoms with Gasteiger partial charge in [-0.25, -0.2) is 4.39 Å². The van der Waals surface area contributed by atoms with E-state index in [1.165, 1.54) is 12.1 Å². The van der Waals surface area contributed by atoms with Crippen LogP contribution < -0.4 is 15.4 Å². The summed E-state index contributed by atoms with van der Waals surface area (Å²) in [5, 5.41) is 5.91. The van der Waals surface area contributed by atoms with Gasteiger partial charge in [-0.2, -0.15) is 0 Å². The molecule has 0 unspecified atom stereocenters. The molecule has 2 N–H and O–H groups in total. The van der Waals surface area contributed by atoms with E-state index >= 15 is 0 Å². The van der Waals surface area contributed by atoms with Crippen molar-refractivity contribution in [1.29, 1.82) is 0 Å². The maximum atomic E-state index is 13.1. The standard InChI is InChI=1S/C19H23FN2O2/c1-21-11-3-6-19(23)22-13-15-7-9-18(10-8-15)24-14-16-4-2-5-17(20)12-16/h2,4-5,7-10,12,21H,3,6,11,13-14H2,1H3,(H,22,23). The van der Waals surface area contributed by atoms with Gasteiger partial charge in [0.2, 0.25) is 5.91 Å². The van der Waals surface area contributed by atoms with E-state index < -0.39 is 0 Å². The molecule has 1 amide bonds. The molecule has 0 saturated carbocycles. The zero-order valence-electron chi connectivity index (χ0n) is 13.8. The maximum Gasteiger partial charge on any atom is 0.220 e. The van der Waals surface area contributed by atoms with Crippen molar-refractivity contribution in [1.82, 2.24) is 10.6 Å². The quantitative estimate of drug-likeness (QED) is 0.695. The highest BCUT2D eigenvalue weighted by atomic mass is 19.1. The Hall–Kier alpha value is -2.40. The predicted molar refractivity (Wildman–Crippen MR) is 92.2 cm³/mol. The third kappa shape index (κ3) is 6.38. The third-order valence-corrected chi connectivity index (χ3v) is 3.54. The van der Waals surface area contributed by atoms with Gasteiger partial charge in [0.1, 0.15) is 18.2 Å². The number of benzene rings is 2. The van der Waals surface area contributed by atoms with Crippen LogP contribution in [0, 0.1) is 5.82 Å². The molecule has 0 aromatic heterocycles. The lowest BCUT2D eigenvalue weighted by molar-refractivity contribution is -0.121. The van der Waals surface area contributed by atoms with Gasteiger partial charge in [0.15, 0.2) is 0 Å². The van der Waals surface area contributed by atoms with Crippen LogP contribution in [0.25, 0.3) is 0 Å². The van der Waals surface area contributed by atoms with Gasteiger partial charge >= 0.3 is 0 Å². The largest absolute Gasteiger partial charge is 0.489 e. The lowest BCUT2D eigenvalue weighted by Crippen LogP contribution is -2.23. The minimum Gasteiger partial charge on any atom is -0.489 e. The number of halogens is 1. The lowest BCUT2D eigenvalue weighted by atomic mass is 10.2. The zero-order chi connectivity index (χ0) is 17.2. The average molecular weight is 330 g/mol. The normalized spacial score (nSPS) is 10.4. The summed E-state index contributed by atoms with van der Waals surface area (Å²) in [6.07, 6.45) is 1.35. The van der Waals surface area contributed by atoms with Crippen molar-refractivity contribution in [3.8, 4) is 5.75 Å². The molecule has 5 heteroatoms. The van der Waals surface area contributed by atoms with Crippen molar-refractivity contribution >= 4 is 5.91 Å². The smallest absolute Gasteiger partial charge is 0.220 e. The molecule has 24 heavy (non-hydrogen) atoms. The van der Waals surface area contributed by atoms with Gasteiger partial charge in [0.05, 0.1) is 0 Å². The van der Waals surface area contributed by atoms with Crippen molar-refractivity contribution in [3.63, 3.8) is 0 Å². The number of rotatable bonds is 9. The van der Waals surface area contributed by atoms with Crippen LogP contribution in [-0.2, 0) is 17.9 Å². The minimum atomic E-state index is -0.267. The third-order valence-electron chi connectivity index (χ3n) is 3.54. The molecule has 0 saturated heterocycles. The molecule has 0 aliphatic heterocycles.